The van der Waals surface area contributed by atoms with Crippen LogP contribution >= 0.6 is 15.9 Å². The molecule has 0 radical (unpaired) electrons. The van der Waals surface area contributed by atoms with E-state index in [0.717, 1.165) is 9.86 Å². The van der Waals surface area contributed by atoms with Crippen LogP contribution < -0.4 is 5.59 Å². The molecule has 66 valence electrons. The van der Waals surface area contributed by atoms with Crippen LogP contribution in [0.2, 0.25) is 0 Å². The van der Waals surface area contributed by atoms with Gasteiger partial charge in [-0.2, -0.15) is 0 Å². The summed E-state index contributed by atoms with van der Waals surface area (Å²) in [5, 5.41) is 18.6. The molecule has 0 bridgehead atoms. The highest BCUT2D eigenvalue weighted by molar-refractivity contribution is 9.10. The van der Waals surface area contributed by atoms with Crippen molar-refractivity contribution in [3.05, 3.63) is 22.8 Å². The molecular formula is C7H6BBrN2O2. The molecule has 2 aromatic heterocycles. The number of fused-ring (bicyclic) bond motifs is 1. The largest absolute Gasteiger partial charge is 0.505 e. The van der Waals surface area contributed by atoms with Crippen molar-refractivity contribution in [3.63, 3.8) is 0 Å². The average Bonchev–Trinajstić information content (AvgIpc) is 2.46. The normalized spacial score (nSPS) is 10.7. The van der Waals surface area contributed by atoms with Crippen molar-refractivity contribution in [1.29, 1.82) is 0 Å². The van der Waals surface area contributed by atoms with Crippen LogP contribution in [0, 0.1) is 0 Å². The van der Waals surface area contributed by atoms with Gasteiger partial charge >= 0.3 is 7.12 Å². The van der Waals surface area contributed by atoms with E-state index in [-0.39, 0.29) is 0 Å². The molecule has 2 rings (SSSR count). The maximum Gasteiger partial charge on any atom is 0.505 e. The van der Waals surface area contributed by atoms with E-state index in [1.165, 1.54) is 0 Å². The summed E-state index contributed by atoms with van der Waals surface area (Å²) in [7, 11) is -1.48. The van der Waals surface area contributed by atoms with Gasteiger partial charge in [-0.1, -0.05) is 0 Å². The second-order valence-electron chi connectivity index (χ2n) is 2.69. The first-order valence-corrected chi connectivity index (χ1v) is 4.46. The maximum atomic E-state index is 8.88. The van der Waals surface area contributed by atoms with E-state index in [9.17, 15) is 0 Å². The second kappa shape index (κ2) is 3.14. The minimum absolute atomic E-state index is 0.348. The summed E-state index contributed by atoms with van der Waals surface area (Å²) in [6, 6.07) is 3.50. The Morgan fingerprint density at radius 2 is 2.15 bits per heavy atom. The Balaban J connectivity index is 2.62. The van der Waals surface area contributed by atoms with Crippen molar-refractivity contribution in [2.24, 2.45) is 0 Å². The number of aromatic amines is 1. The van der Waals surface area contributed by atoms with E-state index >= 15 is 0 Å². The van der Waals surface area contributed by atoms with Crippen LogP contribution in [0.25, 0.3) is 11.0 Å². The molecule has 6 heteroatoms. The van der Waals surface area contributed by atoms with Crippen molar-refractivity contribution >= 4 is 39.7 Å². The standard InChI is InChI=1S/C7H6BBrN2O2/c9-5-1-4-2-6(8(12)13)11-7(4)10-3-5/h1-3,12-13H,(H,10,11). The fourth-order valence-electron chi connectivity index (χ4n) is 1.15. The number of rotatable bonds is 1. The van der Waals surface area contributed by atoms with Gasteiger partial charge in [-0.25, -0.2) is 4.98 Å². The fourth-order valence-corrected chi connectivity index (χ4v) is 1.50. The topological polar surface area (TPSA) is 69.1 Å². The third-order valence-electron chi connectivity index (χ3n) is 1.74. The number of halogens is 1. The van der Waals surface area contributed by atoms with Crippen LogP contribution in [0.1, 0.15) is 0 Å². The van der Waals surface area contributed by atoms with Gasteiger partial charge in [-0.05, 0) is 28.1 Å². The molecule has 0 fully saturated rings. The van der Waals surface area contributed by atoms with Crippen LogP contribution in [0.5, 0.6) is 0 Å². The molecule has 0 saturated carbocycles. The predicted octanol–water partition coefficient (Wildman–Crippen LogP) is 0.00520. The van der Waals surface area contributed by atoms with Gasteiger partial charge in [-0.15, -0.1) is 0 Å². The Morgan fingerprint density at radius 1 is 1.38 bits per heavy atom. The van der Waals surface area contributed by atoms with E-state index in [0.29, 0.717) is 11.2 Å². The van der Waals surface area contributed by atoms with Crippen molar-refractivity contribution in [1.82, 2.24) is 9.97 Å². The maximum absolute atomic E-state index is 8.88. The summed E-state index contributed by atoms with van der Waals surface area (Å²) in [5.74, 6) is 0. The summed E-state index contributed by atoms with van der Waals surface area (Å²) in [5.41, 5.74) is 0.993. The minimum atomic E-state index is -1.48. The van der Waals surface area contributed by atoms with Crippen molar-refractivity contribution < 1.29 is 10.0 Å². The Kier molecular flexibility index (Phi) is 2.11. The van der Waals surface area contributed by atoms with Crippen LogP contribution in [-0.4, -0.2) is 27.1 Å². The highest BCUT2D eigenvalue weighted by Gasteiger charge is 2.14. The zero-order valence-electron chi connectivity index (χ0n) is 6.53. The Labute approximate surface area is 82.9 Å². The fraction of sp³-hybridized carbons (Fsp3) is 0. The van der Waals surface area contributed by atoms with E-state index in [1.807, 2.05) is 6.07 Å². The molecule has 13 heavy (non-hydrogen) atoms. The van der Waals surface area contributed by atoms with Gasteiger partial charge < -0.3 is 15.0 Å². The zero-order chi connectivity index (χ0) is 9.42. The van der Waals surface area contributed by atoms with Crippen LogP contribution in [-0.2, 0) is 0 Å². The Hall–Kier alpha value is -0.845. The molecule has 0 aliphatic carbocycles. The van der Waals surface area contributed by atoms with Gasteiger partial charge in [-0.3, -0.25) is 0 Å². The number of aromatic nitrogens is 2. The second-order valence-corrected chi connectivity index (χ2v) is 3.61. The van der Waals surface area contributed by atoms with E-state index in [2.05, 4.69) is 25.9 Å². The number of hydrogen-bond donors (Lipinski definition) is 3. The zero-order valence-corrected chi connectivity index (χ0v) is 8.12. The third-order valence-corrected chi connectivity index (χ3v) is 2.17. The first-order valence-electron chi connectivity index (χ1n) is 3.67. The molecule has 4 nitrogen and oxygen atoms in total. The van der Waals surface area contributed by atoms with Gasteiger partial charge in [0.25, 0.3) is 0 Å². The molecule has 0 aliphatic heterocycles. The van der Waals surface area contributed by atoms with E-state index in [1.54, 1.807) is 12.3 Å². The van der Waals surface area contributed by atoms with Crippen molar-refractivity contribution in [3.8, 4) is 0 Å². The van der Waals surface area contributed by atoms with E-state index in [4.69, 9.17) is 10.0 Å². The van der Waals surface area contributed by atoms with E-state index < -0.39 is 7.12 Å². The monoisotopic (exact) mass is 240 g/mol. The Morgan fingerprint density at radius 3 is 2.85 bits per heavy atom. The molecule has 0 unspecified atom stereocenters. The predicted molar refractivity (Wildman–Crippen MR) is 53.6 cm³/mol. The molecule has 0 spiro atoms. The summed E-state index contributed by atoms with van der Waals surface area (Å²) in [6.45, 7) is 0. The summed E-state index contributed by atoms with van der Waals surface area (Å²) >= 11 is 3.28. The van der Waals surface area contributed by atoms with Crippen molar-refractivity contribution in [2.75, 3.05) is 0 Å². The quantitative estimate of drug-likeness (QED) is 0.615. The molecule has 3 N–H and O–H groups in total. The number of nitrogens with zero attached hydrogens (tertiary/aromatic N) is 1. The molecule has 2 heterocycles. The van der Waals surface area contributed by atoms with Gasteiger partial charge in [0.1, 0.15) is 5.65 Å². The lowest BCUT2D eigenvalue weighted by atomic mass is 9.87. The lowest BCUT2D eigenvalue weighted by Crippen LogP contribution is -2.30. The summed E-state index contributed by atoms with van der Waals surface area (Å²) in [4.78, 5) is 6.85. The first-order chi connectivity index (χ1) is 6.16. The summed E-state index contributed by atoms with van der Waals surface area (Å²) < 4.78 is 0.859. The number of hydrogen-bond acceptors (Lipinski definition) is 3. The molecule has 0 aromatic carbocycles. The molecule has 0 amide bonds. The van der Waals surface area contributed by atoms with Gasteiger partial charge in [0.05, 0.1) is 0 Å². The average molecular weight is 241 g/mol. The molecule has 0 saturated heterocycles. The van der Waals surface area contributed by atoms with Crippen molar-refractivity contribution in [2.45, 2.75) is 0 Å². The lowest BCUT2D eigenvalue weighted by Gasteiger charge is -1.89. The molecule has 0 aliphatic rings. The number of nitrogens with one attached hydrogen (secondary N) is 1. The smallest absolute Gasteiger partial charge is 0.422 e. The SMILES string of the molecule is OB(O)c1cc2cc(Br)cnc2[nH]1. The highest BCUT2D eigenvalue weighted by atomic mass is 79.9. The molecule has 0 atom stereocenters. The number of H-pyrrole nitrogens is 1. The summed E-state index contributed by atoms with van der Waals surface area (Å²) in [6.07, 6.45) is 1.65. The Bertz CT molecular complexity index is 443. The third kappa shape index (κ3) is 1.60. The van der Waals surface area contributed by atoms with Gasteiger partial charge in [0.2, 0.25) is 0 Å². The first kappa shape index (κ1) is 8.74. The highest BCUT2D eigenvalue weighted by Crippen LogP contribution is 2.14. The molecular weight excluding hydrogens is 235 g/mol. The minimum Gasteiger partial charge on any atom is -0.422 e. The van der Waals surface area contributed by atoms with Gasteiger partial charge in [0.15, 0.2) is 0 Å². The van der Waals surface area contributed by atoms with Crippen LogP contribution in [0.4, 0.5) is 0 Å². The number of pyridine rings is 1. The molecule has 2 aromatic rings. The van der Waals surface area contributed by atoms with Crippen LogP contribution in [0.15, 0.2) is 22.8 Å². The lowest BCUT2D eigenvalue weighted by molar-refractivity contribution is 0.424. The van der Waals surface area contributed by atoms with Gasteiger partial charge in [0, 0.05) is 21.6 Å². The van der Waals surface area contributed by atoms with Crippen LogP contribution in [0.3, 0.4) is 0 Å².